The second kappa shape index (κ2) is 8.30. The highest BCUT2D eigenvalue weighted by atomic mass is 19.2. The van der Waals surface area contributed by atoms with Crippen LogP contribution in [0.25, 0.3) is 0 Å². The predicted molar refractivity (Wildman–Crippen MR) is 97.3 cm³/mol. The van der Waals surface area contributed by atoms with Gasteiger partial charge in [-0.05, 0) is 67.3 Å². The molecule has 0 heterocycles. The zero-order chi connectivity index (χ0) is 18.5. The van der Waals surface area contributed by atoms with Gasteiger partial charge in [0.25, 0.3) is 0 Å². The molecule has 0 unspecified atom stereocenters. The van der Waals surface area contributed by atoms with Gasteiger partial charge in [0.05, 0.1) is 12.8 Å². The summed E-state index contributed by atoms with van der Waals surface area (Å²) in [6.45, 7) is 0. The van der Waals surface area contributed by atoms with E-state index in [1.54, 1.807) is 7.11 Å². The van der Waals surface area contributed by atoms with E-state index in [1.807, 2.05) is 12.1 Å². The molecule has 1 aliphatic rings. The fourth-order valence-corrected chi connectivity index (χ4v) is 3.66. The van der Waals surface area contributed by atoms with Gasteiger partial charge in [-0.25, -0.2) is 8.78 Å². The van der Waals surface area contributed by atoms with Crippen molar-refractivity contribution < 1.29 is 18.3 Å². The van der Waals surface area contributed by atoms with Crippen molar-refractivity contribution in [2.75, 3.05) is 12.4 Å². The number of hydrogen-bond donors (Lipinski definition) is 1. The molecule has 0 aliphatic heterocycles. The van der Waals surface area contributed by atoms with Crippen LogP contribution in [0.4, 0.5) is 14.5 Å². The van der Waals surface area contributed by atoms with E-state index < -0.39 is 11.6 Å². The van der Waals surface area contributed by atoms with Gasteiger partial charge < -0.3 is 10.1 Å². The van der Waals surface area contributed by atoms with Crippen molar-refractivity contribution in [1.82, 2.24) is 0 Å². The fourth-order valence-electron chi connectivity index (χ4n) is 3.66. The monoisotopic (exact) mass is 359 g/mol. The molecule has 2 aromatic carbocycles. The lowest BCUT2D eigenvalue weighted by atomic mass is 9.77. The molecule has 0 radical (unpaired) electrons. The van der Waals surface area contributed by atoms with Crippen molar-refractivity contribution in [2.24, 2.45) is 5.92 Å². The SMILES string of the molecule is COc1cccc(C2CCC(CC(=O)Nc3cccc(F)c3F)CC2)c1. The number of hydrogen-bond acceptors (Lipinski definition) is 2. The third-order valence-corrected chi connectivity index (χ3v) is 5.11. The molecule has 1 N–H and O–H groups in total. The first-order valence-corrected chi connectivity index (χ1v) is 8.94. The summed E-state index contributed by atoms with van der Waals surface area (Å²) in [6, 6.07) is 11.9. The highest BCUT2D eigenvalue weighted by Gasteiger charge is 2.24. The largest absolute Gasteiger partial charge is 0.497 e. The van der Waals surface area contributed by atoms with E-state index in [1.165, 1.54) is 17.7 Å². The van der Waals surface area contributed by atoms with E-state index in [0.717, 1.165) is 37.5 Å². The summed E-state index contributed by atoms with van der Waals surface area (Å²) < 4.78 is 32.1. The molecule has 3 nitrogen and oxygen atoms in total. The molecule has 1 saturated carbocycles. The number of carbonyl (C=O) groups excluding carboxylic acids is 1. The van der Waals surface area contributed by atoms with Crippen molar-refractivity contribution in [3.8, 4) is 5.75 Å². The third-order valence-electron chi connectivity index (χ3n) is 5.11. The van der Waals surface area contributed by atoms with Gasteiger partial charge in [0.1, 0.15) is 5.75 Å². The van der Waals surface area contributed by atoms with Crippen molar-refractivity contribution in [3.05, 3.63) is 59.7 Å². The summed E-state index contributed by atoms with van der Waals surface area (Å²) in [5.74, 6) is -0.622. The third kappa shape index (κ3) is 4.40. The Kier molecular flexibility index (Phi) is 5.86. The molecule has 0 bridgehead atoms. The Morgan fingerprint density at radius 3 is 2.58 bits per heavy atom. The van der Waals surface area contributed by atoms with Crippen molar-refractivity contribution in [3.63, 3.8) is 0 Å². The average molecular weight is 359 g/mol. The predicted octanol–water partition coefficient (Wildman–Crippen LogP) is 5.28. The molecule has 0 saturated heterocycles. The minimum Gasteiger partial charge on any atom is -0.497 e. The maximum Gasteiger partial charge on any atom is 0.224 e. The van der Waals surface area contributed by atoms with Gasteiger partial charge in [-0.2, -0.15) is 0 Å². The molecule has 1 fully saturated rings. The number of benzene rings is 2. The summed E-state index contributed by atoms with van der Waals surface area (Å²) in [6.07, 6.45) is 4.25. The Morgan fingerprint density at radius 2 is 1.85 bits per heavy atom. The molecule has 2 aromatic rings. The van der Waals surface area contributed by atoms with E-state index in [0.29, 0.717) is 12.3 Å². The van der Waals surface area contributed by atoms with Crippen LogP contribution in [0.1, 0.15) is 43.6 Å². The van der Waals surface area contributed by atoms with E-state index in [9.17, 15) is 13.6 Å². The fraction of sp³-hybridized carbons (Fsp3) is 0.381. The summed E-state index contributed by atoms with van der Waals surface area (Å²) in [5.41, 5.74) is 1.18. The lowest BCUT2D eigenvalue weighted by Gasteiger charge is -2.28. The molecule has 0 atom stereocenters. The minimum atomic E-state index is -1.01. The van der Waals surface area contributed by atoms with Crippen molar-refractivity contribution in [2.45, 2.75) is 38.0 Å². The van der Waals surface area contributed by atoms with Crippen LogP contribution < -0.4 is 10.1 Å². The summed E-state index contributed by atoms with van der Waals surface area (Å²) in [7, 11) is 1.66. The highest BCUT2D eigenvalue weighted by Crippen LogP contribution is 2.38. The van der Waals surface area contributed by atoms with Gasteiger partial charge in [-0.3, -0.25) is 4.79 Å². The zero-order valence-electron chi connectivity index (χ0n) is 14.8. The second-order valence-corrected chi connectivity index (χ2v) is 6.85. The Balaban J connectivity index is 1.52. The van der Waals surface area contributed by atoms with Crippen LogP contribution in [0.3, 0.4) is 0 Å². The van der Waals surface area contributed by atoms with E-state index in [2.05, 4.69) is 17.4 Å². The van der Waals surface area contributed by atoms with Crippen LogP contribution in [0.15, 0.2) is 42.5 Å². The molecular formula is C21H23F2NO2. The number of amides is 1. The maximum atomic E-state index is 13.6. The number of anilines is 1. The van der Waals surface area contributed by atoms with Crippen LogP contribution >= 0.6 is 0 Å². The lowest BCUT2D eigenvalue weighted by Crippen LogP contribution is -2.21. The van der Waals surface area contributed by atoms with E-state index >= 15 is 0 Å². The molecule has 26 heavy (non-hydrogen) atoms. The minimum absolute atomic E-state index is 0.0972. The number of nitrogens with one attached hydrogen (secondary N) is 1. The Hall–Kier alpha value is -2.43. The van der Waals surface area contributed by atoms with Gasteiger partial charge in [0.2, 0.25) is 5.91 Å². The van der Waals surface area contributed by atoms with Crippen molar-refractivity contribution in [1.29, 1.82) is 0 Å². The van der Waals surface area contributed by atoms with Crippen molar-refractivity contribution >= 4 is 11.6 Å². The Bertz CT molecular complexity index is 770. The molecule has 0 aromatic heterocycles. The van der Waals surface area contributed by atoms with Crippen LogP contribution in [-0.2, 0) is 4.79 Å². The van der Waals surface area contributed by atoms with Gasteiger partial charge in [-0.1, -0.05) is 18.2 Å². The van der Waals surface area contributed by atoms with Gasteiger partial charge in [-0.15, -0.1) is 0 Å². The van der Waals surface area contributed by atoms with Gasteiger partial charge in [0, 0.05) is 6.42 Å². The lowest BCUT2D eigenvalue weighted by molar-refractivity contribution is -0.117. The standard InChI is InChI=1S/C21H23F2NO2/c1-26-17-5-2-4-16(13-17)15-10-8-14(9-11-15)12-20(25)24-19-7-3-6-18(22)21(19)23/h2-7,13-15H,8-12H2,1H3,(H,24,25). The first-order chi connectivity index (χ1) is 12.6. The summed E-state index contributed by atoms with van der Waals surface area (Å²) in [5, 5.41) is 2.49. The zero-order valence-corrected chi connectivity index (χ0v) is 14.8. The molecule has 0 spiro atoms. The first kappa shape index (κ1) is 18.4. The van der Waals surface area contributed by atoms with Gasteiger partial charge in [0.15, 0.2) is 11.6 Å². The van der Waals surface area contributed by atoms with Crippen LogP contribution in [0.5, 0.6) is 5.75 Å². The van der Waals surface area contributed by atoms with E-state index in [-0.39, 0.29) is 17.5 Å². The van der Waals surface area contributed by atoms with Crippen LogP contribution in [0.2, 0.25) is 0 Å². The van der Waals surface area contributed by atoms with Crippen LogP contribution in [0, 0.1) is 17.6 Å². The molecule has 1 aliphatic carbocycles. The summed E-state index contributed by atoms with van der Waals surface area (Å²) in [4.78, 5) is 12.2. The molecule has 5 heteroatoms. The molecule has 3 rings (SSSR count). The first-order valence-electron chi connectivity index (χ1n) is 8.94. The number of ether oxygens (including phenoxy) is 1. The number of halogens is 2. The van der Waals surface area contributed by atoms with Crippen LogP contribution in [-0.4, -0.2) is 13.0 Å². The second-order valence-electron chi connectivity index (χ2n) is 6.85. The number of rotatable bonds is 5. The average Bonchev–Trinajstić information content (AvgIpc) is 2.66. The Labute approximate surface area is 152 Å². The Morgan fingerprint density at radius 1 is 1.12 bits per heavy atom. The molecule has 1 amide bonds. The normalized spacial score (nSPS) is 19.8. The molecule has 138 valence electrons. The smallest absolute Gasteiger partial charge is 0.224 e. The maximum absolute atomic E-state index is 13.6. The number of carbonyl (C=O) groups is 1. The van der Waals surface area contributed by atoms with E-state index in [4.69, 9.17) is 4.74 Å². The number of methoxy groups -OCH3 is 1. The quantitative estimate of drug-likeness (QED) is 0.789. The summed E-state index contributed by atoms with van der Waals surface area (Å²) >= 11 is 0. The molecular weight excluding hydrogens is 336 g/mol. The highest BCUT2D eigenvalue weighted by molar-refractivity contribution is 5.90. The van der Waals surface area contributed by atoms with Gasteiger partial charge >= 0.3 is 0 Å². The topological polar surface area (TPSA) is 38.3 Å².